The first-order valence-corrected chi connectivity index (χ1v) is 6.51. The van der Waals surface area contributed by atoms with Crippen molar-refractivity contribution in [1.29, 1.82) is 5.26 Å². The lowest BCUT2D eigenvalue weighted by Crippen LogP contribution is -2.39. The molecule has 0 aliphatic heterocycles. The van der Waals surface area contributed by atoms with Crippen molar-refractivity contribution in [2.75, 3.05) is 0 Å². The molecule has 0 spiro atoms. The topological polar surface area (TPSA) is 52.9 Å². The lowest BCUT2D eigenvalue weighted by molar-refractivity contribution is -0.125. The third kappa shape index (κ3) is 2.98. The molecule has 1 amide bonds. The highest BCUT2D eigenvalue weighted by Gasteiger charge is 2.33. The van der Waals surface area contributed by atoms with Crippen LogP contribution in [0.2, 0.25) is 0 Å². The first kappa shape index (κ1) is 11.4. The lowest BCUT2D eigenvalue weighted by atomic mass is 9.99. The van der Waals surface area contributed by atoms with Crippen LogP contribution in [0.5, 0.6) is 0 Å². The van der Waals surface area contributed by atoms with Crippen LogP contribution in [0.15, 0.2) is 0 Å². The van der Waals surface area contributed by atoms with Gasteiger partial charge in [-0.15, -0.1) is 0 Å². The molecular formula is C13H20N2O. The van der Waals surface area contributed by atoms with Crippen LogP contribution in [-0.4, -0.2) is 11.9 Å². The monoisotopic (exact) mass is 220 g/mol. The second-order valence-electron chi connectivity index (χ2n) is 5.14. The minimum absolute atomic E-state index is 0.125. The van der Waals surface area contributed by atoms with Gasteiger partial charge in [-0.1, -0.05) is 25.7 Å². The minimum atomic E-state index is -0.226. The molecular weight excluding hydrogens is 200 g/mol. The molecule has 88 valence electrons. The van der Waals surface area contributed by atoms with Crippen LogP contribution in [0.25, 0.3) is 0 Å². The predicted octanol–water partition coefficient (Wildman–Crippen LogP) is 2.38. The van der Waals surface area contributed by atoms with E-state index in [1.54, 1.807) is 0 Å². The number of hydrogen-bond acceptors (Lipinski definition) is 2. The van der Waals surface area contributed by atoms with Gasteiger partial charge in [0.1, 0.15) is 6.04 Å². The van der Waals surface area contributed by atoms with Crippen molar-refractivity contribution in [3.05, 3.63) is 0 Å². The van der Waals surface area contributed by atoms with E-state index in [0.717, 1.165) is 25.7 Å². The van der Waals surface area contributed by atoms with E-state index >= 15 is 0 Å². The lowest BCUT2D eigenvalue weighted by Gasteiger charge is -2.17. The fourth-order valence-corrected chi connectivity index (χ4v) is 2.50. The van der Waals surface area contributed by atoms with Crippen LogP contribution in [0.4, 0.5) is 0 Å². The zero-order valence-electron chi connectivity index (χ0n) is 9.74. The van der Waals surface area contributed by atoms with E-state index in [2.05, 4.69) is 11.4 Å². The van der Waals surface area contributed by atoms with Crippen molar-refractivity contribution in [2.45, 2.75) is 57.4 Å². The number of amides is 1. The quantitative estimate of drug-likeness (QED) is 0.742. The summed E-state index contributed by atoms with van der Waals surface area (Å²) >= 11 is 0. The van der Waals surface area contributed by atoms with Crippen LogP contribution in [-0.2, 0) is 4.79 Å². The molecule has 2 saturated carbocycles. The van der Waals surface area contributed by atoms with Gasteiger partial charge < -0.3 is 5.32 Å². The zero-order valence-corrected chi connectivity index (χ0v) is 9.74. The van der Waals surface area contributed by atoms with Crippen molar-refractivity contribution in [2.24, 2.45) is 11.8 Å². The highest BCUT2D eigenvalue weighted by molar-refractivity contribution is 5.79. The number of nitrogens with zero attached hydrogens (tertiary/aromatic N) is 1. The molecule has 2 fully saturated rings. The summed E-state index contributed by atoms with van der Waals surface area (Å²) < 4.78 is 0. The van der Waals surface area contributed by atoms with E-state index < -0.39 is 0 Å². The van der Waals surface area contributed by atoms with Gasteiger partial charge in [0.25, 0.3) is 0 Å². The Morgan fingerprint density at radius 2 is 1.75 bits per heavy atom. The Bertz CT molecular complexity index is 283. The Morgan fingerprint density at radius 3 is 2.25 bits per heavy atom. The summed E-state index contributed by atoms with van der Waals surface area (Å²) in [6, 6.07) is 1.99. The number of hydrogen-bond donors (Lipinski definition) is 1. The molecule has 3 heteroatoms. The average molecular weight is 220 g/mol. The third-order valence-electron chi connectivity index (χ3n) is 3.76. The molecule has 16 heavy (non-hydrogen) atoms. The highest BCUT2D eigenvalue weighted by atomic mass is 16.1. The smallest absolute Gasteiger partial charge is 0.224 e. The van der Waals surface area contributed by atoms with Crippen LogP contribution < -0.4 is 5.32 Å². The fraction of sp³-hybridized carbons (Fsp3) is 0.846. The first-order chi connectivity index (χ1) is 7.81. The first-order valence-electron chi connectivity index (χ1n) is 6.51. The predicted molar refractivity (Wildman–Crippen MR) is 61.5 cm³/mol. The molecule has 2 aliphatic rings. The number of nitrogens with one attached hydrogen (secondary N) is 1. The molecule has 1 unspecified atom stereocenters. The molecule has 0 aromatic rings. The summed E-state index contributed by atoms with van der Waals surface area (Å²) in [5.41, 5.74) is 0. The maximum Gasteiger partial charge on any atom is 0.224 e. The normalized spacial score (nSPS) is 24.2. The molecule has 0 bridgehead atoms. The van der Waals surface area contributed by atoms with Crippen molar-refractivity contribution >= 4 is 5.91 Å². The number of carbonyl (C=O) groups is 1. The van der Waals surface area contributed by atoms with Gasteiger partial charge in [0.05, 0.1) is 6.07 Å². The Hall–Kier alpha value is -1.04. The maximum absolute atomic E-state index is 12.0. The molecule has 2 rings (SSSR count). The van der Waals surface area contributed by atoms with Crippen molar-refractivity contribution in [3.63, 3.8) is 0 Å². The van der Waals surface area contributed by atoms with Gasteiger partial charge >= 0.3 is 0 Å². The van der Waals surface area contributed by atoms with E-state index in [9.17, 15) is 4.79 Å². The van der Waals surface area contributed by atoms with Crippen LogP contribution >= 0.6 is 0 Å². The maximum atomic E-state index is 12.0. The number of carbonyl (C=O) groups excluding carboxylic acids is 1. The number of nitriles is 1. The van der Waals surface area contributed by atoms with Gasteiger partial charge in [-0.05, 0) is 31.6 Å². The SMILES string of the molecule is N#CC(NC(=O)C1CCCCCC1)C1CC1. The minimum Gasteiger partial charge on any atom is -0.340 e. The summed E-state index contributed by atoms with van der Waals surface area (Å²) in [5.74, 6) is 0.720. The van der Waals surface area contributed by atoms with Crippen LogP contribution in [0.3, 0.4) is 0 Å². The third-order valence-corrected chi connectivity index (χ3v) is 3.76. The number of rotatable bonds is 3. The van der Waals surface area contributed by atoms with Crippen molar-refractivity contribution in [1.82, 2.24) is 5.32 Å². The Labute approximate surface area is 97.2 Å². The summed E-state index contributed by atoms with van der Waals surface area (Å²) in [5, 5.41) is 11.9. The Balaban J connectivity index is 1.83. The molecule has 0 radical (unpaired) electrons. The second-order valence-corrected chi connectivity index (χ2v) is 5.14. The second kappa shape index (κ2) is 5.34. The molecule has 2 aliphatic carbocycles. The van der Waals surface area contributed by atoms with Crippen LogP contribution in [0.1, 0.15) is 51.4 Å². The Kier molecular flexibility index (Phi) is 3.82. The molecule has 0 aromatic heterocycles. The van der Waals surface area contributed by atoms with Gasteiger partial charge in [-0.25, -0.2) is 0 Å². The van der Waals surface area contributed by atoms with Gasteiger partial charge in [0.15, 0.2) is 0 Å². The molecule has 0 aromatic carbocycles. The highest BCUT2D eigenvalue weighted by Crippen LogP contribution is 2.32. The van der Waals surface area contributed by atoms with Crippen molar-refractivity contribution in [3.8, 4) is 6.07 Å². The summed E-state index contributed by atoms with van der Waals surface area (Å²) in [4.78, 5) is 12.0. The largest absolute Gasteiger partial charge is 0.340 e. The van der Waals surface area contributed by atoms with E-state index in [4.69, 9.17) is 5.26 Å². The summed E-state index contributed by atoms with van der Waals surface area (Å²) in [7, 11) is 0. The molecule has 1 N–H and O–H groups in total. The standard InChI is InChI=1S/C13H20N2O/c14-9-12(10-7-8-10)15-13(16)11-5-3-1-2-4-6-11/h10-12H,1-8H2,(H,15,16). The molecule has 0 heterocycles. The van der Waals surface area contributed by atoms with Gasteiger partial charge in [0.2, 0.25) is 5.91 Å². The van der Waals surface area contributed by atoms with E-state index in [-0.39, 0.29) is 17.9 Å². The summed E-state index contributed by atoms with van der Waals surface area (Å²) in [6.07, 6.45) is 9.06. The summed E-state index contributed by atoms with van der Waals surface area (Å²) in [6.45, 7) is 0. The molecule has 3 nitrogen and oxygen atoms in total. The van der Waals surface area contributed by atoms with E-state index in [1.165, 1.54) is 25.7 Å². The van der Waals surface area contributed by atoms with Crippen molar-refractivity contribution < 1.29 is 4.79 Å². The van der Waals surface area contributed by atoms with Crippen LogP contribution in [0, 0.1) is 23.2 Å². The molecule has 1 atom stereocenters. The van der Waals surface area contributed by atoms with Gasteiger partial charge in [0, 0.05) is 5.92 Å². The van der Waals surface area contributed by atoms with E-state index in [1.807, 2.05) is 0 Å². The zero-order chi connectivity index (χ0) is 11.4. The van der Waals surface area contributed by atoms with Gasteiger partial charge in [-0.2, -0.15) is 5.26 Å². The Morgan fingerprint density at radius 1 is 1.12 bits per heavy atom. The average Bonchev–Trinajstić information content (AvgIpc) is 3.11. The fourth-order valence-electron chi connectivity index (χ4n) is 2.50. The molecule has 0 saturated heterocycles. The van der Waals surface area contributed by atoms with Gasteiger partial charge in [-0.3, -0.25) is 4.79 Å². The van der Waals surface area contributed by atoms with E-state index in [0.29, 0.717) is 5.92 Å².